The Hall–Kier alpha value is -3.23. The van der Waals surface area contributed by atoms with Crippen LogP contribution in [0, 0.1) is 11.8 Å². The maximum atomic E-state index is 13.6. The third kappa shape index (κ3) is 5.55. The third-order valence-corrected chi connectivity index (χ3v) is 8.12. The smallest absolute Gasteiger partial charge is 0.252 e. The number of benzene rings is 2. The Morgan fingerprint density at radius 1 is 1.03 bits per heavy atom. The second kappa shape index (κ2) is 10.6. The van der Waals surface area contributed by atoms with Gasteiger partial charge in [-0.3, -0.25) is 9.78 Å². The number of methoxy groups -OCH3 is 1. The maximum absolute atomic E-state index is 13.6. The molecule has 1 N–H and O–H groups in total. The summed E-state index contributed by atoms with van der Waals surface area (Å²) < 4.78 is 34.1. The molecule has 1 aliphatic rings. The first kappa shape index (κ1) is 24.9. The molecule has 35 heavy (non-hydrogen) atoms. The summed E-state index contributed by atoms with van der Waals surface area (Å²) in [5.41, 5.74) is 1.79. The minimum absolute atomic E-state index is 0.00282. The highest BCUT2D eigenvalue weighted by molar-refractivity contribution is 7.89. The van der Waals surface area contributed by atoms with E-state index >= 15 is 0 Å². The molecule has 1 fully saturated rings. The van der Waals surface area contributed by atoms with Crippen LogP contribution in [0.25, 0.3) is 0 Å². The SMILES string of the molecule is COc1ccc(C(=O)N[C@H](c2ccccc2)c2ccccn2)cc1S(=O)(=O)N1C[C@@H](C)C[C@H](C)C1. The summed E-state index contributed by atoms with van der Waals surface area (Å²) >= 11 is 0. The van der Waals surface area contributed by atoms with Crippen molar-refractivity contribution in [2.75, 3.05) is 20.2 Å². The van der Waals surface area contributed by atoms with Crippen LogP contribution in [-0.2, 0) is 10.0 Å². The molecule has 0 spiro atoms. The number of nitrogens with zero attached hydrogens (tertiary/aromatic N) is 2. The molecule has 1 amide bonds. The molecular formula is C27H31N3O4S. The van der Waals surface area contributed by atoms with Gasteiger partial charge in [-0.25, -0.2) is 8.42 Å². The molecule has 0 radical (unpaired) electrons. The van der Waals surface area contributed by atoms with Gasteiger partial charge in [-0.05, 0) is 54.2 Å². The summed E-state index contributed by atoms with van der Waals surface area (Å²) in [7, 11) is -2.41. The van der Waals surface area contributed by atoms with E-state index in [1.165, 1.54) is 23.5 Å². The van der Waals surface area contributed by atoms with Crippen LogP contribution in [0.5, 0.6) is 5.75 Å². The van der Waals surface area contributed by atoms with Crippen molar-refractivity contribution in [3.05, 3.63) is 89.7 Å². The Kier molecular flexibility index (Phi) is 7.52. The molecule has 3 aromatic rings. The van der Waals surface area contributed by atoms with Gasteiger partial charge in [-0.1, -0.05) is 50.2 Å². The van der Waals surface area contributed by atoms with Gasteiger partial charge in [-0.15, -0.1) is 0 Å². The molecule has 0 saturated carbocycles. The summed E-state index contributed by atoms with van der Waals surface area (Å²) in [5, 5.41) is 3.03. The van der Waals surface area contributed by atoms with Crippen LogP contribution in [-0.4, -0.2) is 43.8 Å². The maximum Gasteiger partial charge on any atom is 0.252 e. The average Bonchev–Trinajstić information content (AvgIpc) is 2.87. The fraction of sp³-hybridized carbons (Fsp3) is 0.333. The molecule has 0 aliphatic carbocycles. The van der Waals surface area contributed by atoms with Gasteiger partial charge in [0.15, 0.2) is 0 Å². The molecular weight excluding hydrogens is 462 g/mol. The van der Waals surface area contributed by atoms with Crippen LogP contribution in [0.4, 0.5) is 0 Å². The number of carbonyl (C=O) groups is 1. The lowest BCUT2D eigenvalue weighted by atomic mass is 9.94. The van der Waals surface area contributed by atoms with Crippen molar-refractivity contribution in [1.29, 1.82) is 0 Å². The van der Waals surface area contributed by atoms with E-state index in [0.29, 0.717) is 18.8 Å². The molecule has 0 bridgehead atoms. The molecule has 1 aliphatic heterocycles. The van der Waals surface area contributed by atoms with E-state index < -0.39 is 22.0 Å². The number of nitrogens with one attached hydrogen (secondary N) is 1. The highest BCUT2D eigenvalue weighted by atomic mass is 32.2. The van der Waals surface area contributed by atoms with Crippen molar-refractivity contribution in [1.82, 2.24) is 14.6 Å². The fourth-order valence-corrected chi connectivity index (χ4v) is 6.56. The molecule has 2 heterocycles. The number of sulfonamides is 1. The number of hydrogen-bond acceptors (Lipinski definition) is 5. The van der Waals surface area contributed by atoms with E-state index in [4.69, 9.17) is 4.74 Å². The summed E-state index contributed by atoms with van der Waals surface area (Å²) in [6.07, 6.45) is 2.66. The van der Waals surface area contributed by atoms with Crippen LogP contribution in [0.15, 0.2) is 77.8 Å². The van der Waals surface area contributed by atoms with E-state index in [1.54, 1.807) is 12.3 Å². The second-order valence-corrected chi connectivity index (χ2v) is 11.1. The minimum atomic E-state index is -3.84. The van der Waals surface area contributed by atoms with Crippen LogP contribution in [0.2, 0.25) is 0 Å². The zero-order valence-electron chi connectivity index (χ0n) is 20.2. The standard InChI is InChI=1S/C27H31N3O4S/c1-19-15-20(2)18-30(17-19)35(32,33)25-16-22(12-13-24(25)34-3)27(31)29-26(21-9-5-4-6-10-21)23-11-7-8-14-28-23/h4-14,16,19-20,26H,15,17-18H2,1-3H3,(H,29,31)/t19-,20-,26+/m0/s1. The molecule has 2 aromatic carbocycles. The lowest BCUT2D eigenvalue weighted by Gasteiger charge is -2.34. The summed E-state index contributed by atoms with van der Waals surface area (Å²) in [5.74, 6) is 0.341. The van der Waals surface area contributed by atoms with Crippen LogP contribution >= 0.6 is 0 Å². The first-order valence-electron chi connectivity index (χ1n) is 11.7. The van der Waals surface area contributed by atoms with Crippen molar-refractivity contribution in [3.63, 3.8) is 0 Å². The van der Waals surface area contributed by atoms with Crippen molar-refractivity contribution in [2.24, 2.45) is 11.8 Å². The number of hydrogen-bond donors (Lipinski definition) is 1. The first-order valence-corrected chi connectivity index (χ1v) is 13.2. The number of piperidine rings is 1. The molecule has 3 atom stereocenters. The van der Waals surface area contributed by atoms with Crippen molar-refractivity contribution >= 4 is 15.9 Å². The Morgan fingerprint density at radius 3 is 2.34 bits per heavy atom. The number of aromatic nitrogens is 1. The summed E-state index contributed by atoms with van der Waals surface area (Å²) in [6, 6.07) is 19.1. The Labute approximate surface area is 207 Å². The fourth-order valence-electron chi connectivity index (χ4n) is 4.70. The van der Waals surface area contributed by atoms with Crippen LogP contribution in [0.3, 0.4) is 0 Å². The molecule has 184 valence electrons. The Morgan fingerprint density at radius 2 is 1.71 bits per heavy atom. The van der Waals surface area contributed by atoms with E-state index in [0.717, 1.165) is 12.0 Å². The topological polar surface area (TPSA) is 88.6 Å². The Balaban J connectivity index is 1.67. The van der Waals surface area contributed by atoms with Gasteiger partial charge in [-0.2, -0.15) is 4.31 Å². The van der Waals surface area contributed by atoms with E-state index in [-0.39, 0.29) is 28.0 Å². The molecule has 1 aromatic heterocycles. The second-order valence-electron chi connectivity index (χ2n) is 9.21. The third-order valence-electron chi connectivity index (χ3n) is 6.27. The minimum Gasteiger partial charge on any atom is -0.495 e. The summed E-state index contributed by atoms with van der Waals surface area (Å²) in [4.78, 5) is 17.8. The monoisotopic (exact) mass is 493 g/mol. The van der Waals surface area contributed by atoms with Gasteiger partial charge < -0.3 is 10.1 Å². The first-order chi connectivity index (χ1) is 16.8. The zero-order valence-corrected chi connectivity index (χ0v) is 21.0. The molecule has 4 rings (SSSR count). The Bertz CT molecular complexity index is 1220. The van der Waals surface area contributed by atoms with Gasteiger partial charge in [0, 0.05) is 24.8 Å². The highest BCUT2D eigenvalue weighted by Crippen LogP contribution is 2.32. The molecule has 1 saturated heterocycles. The van der Waals surface area contributed by atoms with Crippen molar-refractivity contribution in [2.45, 2.75) is 31.2 Å². The number of amides is 1. The van der Waals surface area contributed by atoms with E-state index in [9.17, 15) is 13.2 Å². The predicted octanol–water partition coefficient (Wildman–Crippen LogP) is 4.28. The largest absolute Gasteiger partial charge is 0.495 e. The average molecular weight is 494 g/mol. The van der Waals surface area contributed by atoms with Crippen LogP contribution < -0.4 is 10.1 Å². The van der Waals surface area contributed by atoms with Gasteiger partial charge in [0.05, 0.1) is 18.8 Å². The number of ether oxygens (including phenoxy) is 1. The lowest BCUT2D eigenvalue weighted by Crippen LogP contribution is -2.42. The van der Waals surface area contributed by atoms with Gasteiger partial charge in [0.25, 0.3) is 5.91 Å². The van der Waals surface area contributed by atoms with Gasteiger partial charge >= 0.3 is 0 Å². The normalized spacial score (nSPS) is 19.6. The van der Waals surface area contributed by atoms with Crippen molar-refractivity contribution in [3.8, 4) is 5.75 Å². The zero-order chi connectivity index (χ0) is 25.0. The van der Waals surface area contributed by atoms with Gasteiger partial charge in [0.2, 0.25) is 10.0 Å². The molecule has 7 nitrogen and oxygen atoms in total. The van der Waals surface area contributed by atoms with Gasteiger partial charge in [0.1, 0.15) is 10.6 Å². The number of carbonyl (C=O) groups excluding carboxylic acids is 1. The predicted molar refractivity (Wildman–Crippen MR) is 135 cm³/mol. The quantitative estimate of drug-likeness (QED) is 0.531. The highest BCUT2D eigenvalue weighted by Gasteiger charge is 2.34. The van der Waals surface area contributed by atoms with Crippen LogP contribution in [0.1, 0.15) is 47.9 Å². The summed E-state index contributed by atoms with van der Waals surface area (Å²) in [6.45, 7) is 5.01. The lowest BCUT2D eigenvalue weighted by molar-refractivity contribution is 0.0942. The number of pyridine rings is 1. The van der Waals surface area contributed by atoms with E-state index in [1.807, 2.05) is 48.5 Å². The number of rotatable bonds is 7. The molecule has 0 unspecified atom stereocenters. The van der Waals surface area contributed by atoms with E-state index in [2.05, 4.69) is 24.1 Å². The molecule has 8 heteroatoms. The van der Waals surface area contributed by atoms with Crippen molar-refractivity contribution < 1.29 is 17.9 Å².